The molecule has 0 atom stereocenters. The Kier molecular flexibility index (Phi) is 4.69. The Hall–Kier alpha value is -2.14. The van der Waals surface area contributed by atoms with Crippen molar-refractivity contribution in [2.45, 2.75) is 13.2 Å². The molecule has 0 unspecified atom stereocenters. The summed E-state index contributed by atoms with van der Waals surface area (Å²) in [5, 5.41) is 5.47. The predicted molar refractivity (Wildman–Crippen MR) is 74.9 cm³/mol. The number of aromatic nitrogens is 1. The molecule has 98 valence electrons. The molecule has 1 N–H and O–H groups in total. The van der Waals surface area contributed by atoms with Crippen molar-refractivity contribution in [1.82, 2.24) is 10.3 Å². The van der Waals surface area contributed by atoms with Crippen molar-refractivity contribution in [3.63, 3.8) is 0 Å². The number of thiazole rings is 1. The first-order valence-electron chi connectivity index (χ1n) is 5.79. The van der Waals surface area contributed by atoms with Crippen LogP contribution < -0.4 is 10.1 Å². The third-order valence-corrected chi connectivity index (χ3v) is 3.21. The second-order valence-corrected chi connectivity index (χ2v) is 4.70. The minimum atomic E-state index is -0.199. The fraction of sp³-hybridized carbons (Fsp3) is 0.143. The third-order valence-electron chi connectivity index (χ3n) is 2.33. The predicted octanol–water partition coefficient (Wildman–Crippen LogP) is 2.52. The van der Waals surface area contributed by atoms with Gasteiger partial charge in [-0.3, -0.25) is 4.79 Å². The minimum Gasteiger partial charge on any atom is -0.486 e. The number of nitrogens with zero attached hydrogens (tertiary/aromatic N) is 1. The van der Waals surface area contributed by atoms with Crippen LogP contribution in [0.15, 0.2) is 48.4 Å². The van der Waals surface area contributed by atoms with Crippen molar-refractivity contribution in [3.05, 3.63) is 59.1 Å². The Balaban J connectivity index is 1.84. The average molecular weight is 274 g/mol. The molecule has 0 bridgehead atoms. The van der Waals surface area contributed by atoms with E-state index >= 15 is 0 Å². The van der Waals surface area contributed by atoms with Gasteiger partial charge in [-0.25, -0.2) is 4.98 Å². The minimum absolute atomic E-state index is 0.199. The van der Waals surface area contributed by atoms with Crippen LogP contribution in [0.1, 0.15) is 10.7 Å². The molecule has 0 spiro atoms. The smallest absolute Gasteiger partial charge is 0.243 e. The maximum atomic E-state index is 11.0. The number of carbonyl (C=O) groups excluding carboxylic acids is 1. The molecule has 0 fully saturated rings. The second-order valence-electron chi connectivity index (χ2n) is 3.76. The summed E-state index contributed by atoms with van der Waals surface area (Å²) in [5.41, 5.74) is 0.826. The highest BCUT2D eigenvalue weighted by molar-refractivity contribution is 7.09. The van der Waals surface area contributed by atoms with Gasteiger partial charge in [0, 0.05) is 5.38 Å². The van der Waals surface area contributed by atoms with Crippen LogP contribution in [-0.4, -0.2) is 10.9 Å². The van der Waals surface area contributed by atoms with Gasteiger partial charge in [0.2, 0.25) is 5.91 Å². The van der Waals surface area contributed by atoms with Crippen LogP contribution in [0.2, 0.25) is 0 Å². The summed E-state index contributed by atoms with van der Waals surface area (Å²) in [4.78, 5) is 15.4. The van der Waals surface area contributed by atoms with Gasteiger partial charge in [-0.2, -0.15) is 0 Å². The van der Waals surface area contributed by atoms with Crippen molar-refractivity contribution in [2.75, 3.05) is 0 Å². The lowest BCUT2D eigenvalue weighted by atomic mass is 10.3. The molecule has 1 aromatic carbocycles. The summed E-state index contributed by atoms with van der Waals surface area (Å²) < 4.78 is 5.60. The normalized spacial score (nSPS) is 9.89. The largest absolute Gasteiger partial charge is 0.486 e. The van der Waals surface area contributed by atoms with E-state index in [0.717, 1.165) is 16.5 Å². The molecule has 0 aliphatic rings. The van der Waals surface area contributed by atoms with Gasteiger partial charge >= 0.3 is 0 Å². The number of nitrogens with one attached hydrogen (secondary N) is 1. The number of hydrogen-bond donors (Lipinski definition) is 1. The van der Waals surface area contributed by atoms with Gasteiger partial charge < -0.3 is 10.1 Å². The van der Waals surface area contributed by atoms with Crippen molar-refractivity contribution >= 4 is 17.2 Å². The van der Waals surface area contributed by atoms with E-state index in [1.165, 1.54) is 17.4 Å². The second kappa shape index (κ2) is 6.70. The molecule has 0 saturated heterocycles. The summed E-state index contributed by atoms with van der Waals surface area (Å²) in [6.45, 7) is 4.24. The van der Waals surface area contributed by atoms with Crippen LogP contribution in [0.4, 0.5) is 0 Å². The van der Waals surface area contributed by atoms with Gasteiger partial charge in [-0.15, -0.1) is 11.3 Å². The molecule has 1 aromatic heterocycles. The highest BCUT2D eigenvalue weighted by Gasteiger charge is 2.04. The summed E-state index contributed by atoms with van der Waals surface area (Å²) in [6, 6.07) is 9.59. The monoisotopic (exact) mass is 274 g/mol. The summed E-state index contributed by atoms with van der Waals surface area (Å²) >= 11 is 1.51. The molecule has 0 aliphatic heterocycles. The van der Waals surface area contributed by atoms with Crippen LogP contribution in [0.3, 0.4) is 0 Å². The van der Waals surface area contributed by atoms with Gasteiger partial charge in [0.25, 0.3) is 0 Å². The molecule has 5 heteroatoms. The van der Waals surface area contributed by atoms with Gasteiger partial charge in [0.1, 0.15) is 17.4 Å². The lowest BCUT2D eigenvalue weighted by Gasteiger charge is -2.02. The van der Waals surface area contributed by atoms with Gasteiger partial charge in [-0.05, 0) is 18.2 Å². The number of ether oxygens (including phenoxy) is 1. The van der Waals surface area contributed by atoms with Crippen LogP contribution in [0.5, 0.6) is 5.75 Å². The molecule has 0 saturated carbocycles. The number of amides is 1. The average Bonchev–Trinajstić information content (AvgIpc) is 2.91. The Morgan fingerprint density at radius 2 is 2.21 bits per heavy atom. The first-order valence-corrected chi connectivity index (χ1v) is 6.67. The lowest BCUT2D eigenvalue weighted by Crippen LogP contribution is -2.20. The summed E-state index contributed by atoms with van der Waals surface area (Å²) in [7, 11) is 0. The number of hydrogen-bond acceptors (Lipinski definition) is 4. The molecule has 2 aromatic rings. The number of para-hydroxylation sites is 1. The topological polar surface area (TPSA) is 51.2 Å². The van der Waals surface area contributed by atoms with Crippen LogP contribution >= 0.6 is 11.3 Å². The number of rotatable bonds is 6. The van der Waals surface area contributed by atoms with E-state index in [2.05, 4.69) is 16.9 Å². The van der Waals surface area contributed by atoms with Crippen molar-refractivity contribution in [3.8, 4) is 5.75 Å². The maximum absolute atomic E-state index is 11.0. The van der Waals surface area contributed by atoms with Crippen molar-refractivity contribution in [2.24, 2.45) is 0 Å². The zero-order valence-electron chi connectivity index (χ0n) is 10.3. The van der Waals surface area contributed by atoms with Gasteiger partial charge in [0.15, 0.2) is 0 Å². The van der Waals surface area contributed by atoms with E-state index in [0.29, 0.717) is 13.2 Å². The molecular weight excluding hydrogens is 260 g/mol. The molecule has 2 rings (SSSR count). The van der Waals surface area contributed by atoms with Gasteiger partial charge in [-0.1, -0.05) is 24.8 Å². The lowest BCUT2D eigenvalue weighted by molar-refractivity contribution is -0.116. The maximum Gasteiger partial charge on any atom is 0.243 e. The Labute approximate surface area is 115 Å². The first-order chi connectivity index (χ1) is 9.28. The SMILES string of the molecule is C=CC(=O)NCc1csc(COc2ccccc2)n1. The number of benzene rings is 1. The van der Waals surface area contributed by atoms with E-state index in [-0.39, 0.29) is 5.91 Å². The molecule has 0 radical (unpaired) electrons. The fourth-order valence-electron chi connectivity index (χ4n) is 1.41. The fourth-order valence-corrected chi connectivity index (χ4v) is 2.11. The van der Waals surface area contributed by atoms with E-state index < -0.39 is 0 Å². The Morgan fingerprint density at radius 1 is 1.42 bits per heavy atom. The molecule has 4 nitrogen and oxygen atoms in total. The Bertz CT molecular complexity index is 552. The Morgan fingerprint density at radius 3 is 2.95 bits per heavy atom. The molecule has 0 aliphatic carbocycles. The third kappa shape index (κ3) is 4.22. The molecule has 1 amide bonds. The summed E-state index contributed by atoms with van der Waals surface area (Å²) in [6.07, 6.45) is 1.24. The molecular formula is C14H14N2O2S. The van der Waals surface area contributed by atoms with Gasteiger partial charge in [0.05, 0.1) is 12.2 Å². The highest BCUT2D eigenvalue weighted by atomic mass is 32.1. The zero-order chi connectivity index (χ0) is 13.5. The highest BCUT2D eigenvalue weighted by Crippen LogP contribution is 2.14. The van der Waals surface area contributed by atoms with E-state index in [4.69, 9.17) is 4.74 Å². The van der Waals surface area contributed by atoms with Crippen LogP contribution in [0, 0.1) is 0 Å². The quantitative estimate of drug-likeness (QED) is 0.823. The van der Waals surface area contributed by atoms with E-state index in [1.807, 2.05) is 35.7 Å². The van der Waals surface area contributed by atoms with Crippen molar-refractivity contribution in [1.29, 1.82) is 0 Å². The van der Waals surface area contributed by atoms with Crippen LogP contribution in [0.25, 0.3) is 0 Å². The molecule has 19 heavy (non-hydrogen) atoms. The standard InChI is InChI=1S/C14H14N2O2S/c1-2-13(17)15-8-11-10-19-14(16-11)9-18-12-6-4-3-5-7-12/h2-7,10H,1,8-9H2,(H,15,17). The zero-order valence-corrected chi connectivity index (χ0v) is 11.2. The van der Waals surface area contributed by atoms with Crippen LogP contribution in [-0.2, 0) is 17.9 Å². The van der Waals surface area contributed by atoms with Crippen molar-refractivity contribution < 1.29 is 9.53 Å². The molecule has 1 heterocycles. The van der Waals surface area contributed by atoms with E-state index in [9.17, 15) is 4.79 Å². The first kappa shape index (κ1) is 13.3. The number of carbonyl (C=O) groups is 1. The summed E-state index contributed by atoms with van der Waals surface area (Å²) in [5.74, 6) is 0.620. The van der Waals surface area contributed by atoms with E-state index in [1.54, 1.807) is 0 Å².